The van der Waals surface area contributed by atoms with Crippen molar-refractivity contribution in [3.63, 3.8) is 0 Å². The van der Waals surface area contributed by atoms with Gasteiger partial charge >= 0.3 is 0 Å². The van der Waals surface area contributed by atoms with Gasteiger partial charge in [-0.3, -0.25) is 0 Å². The average molecular weight is 329 g/mol. The Hall–Kier alpha value is -1.32. The van der Waals surface area contributed by atoms with Gasteiger partial charge in [-0.15, -0.1) is 0 Å². The van der Waals surface area contributed by atoms with Gasteiger partial charge in [0.15, 0.2) is 0 Å². The van der Waals surface area contributed by atoms with Crippen LogP contribution >= 0.6 is 15.9 Å². The van der Waals surface area contributed by atoms with Gasteiger partial charge in [-0.25, -0.2) is 0 Å². The zero-order chi connectivity index (χ0) is 13.5. The van der Waals surface area contributed by atoms with Gasteiger partial charge in [0.1, 0.15) is 0 Å². The van der Waals surface area contributed by atoms with Crippen LogP contribution < -0.4 is 10.6 Å². The van der Waals surface area contributed by atoms with E-state index in [9.17, 15) is 0 Å². The number of piperidine rings is 1. The summed E-state index contributed by atoms with van der Waals surface area (Å²) in [7, 11) is 0. The van der Waals surface area contributed by atoms with Gasteiger partial charge in [0.2, 0.25) is 0 Å². The third kappa shape index (κ3) is 1.97. The standard InChI is InChI=1S/C17H17BrN2/c18-12-6-7-15-14(10-12)13-8-9-19-16(17(13)20-15)11-4-2-1-3-5-11/h1-7,10,13,16-17,19-20H,8-9H2. The molecule has 2 aromatic rings. The summed E-state index contributed by atoms with van der Waals surface area (Å²) in [5, 5.41) is 7.41. The molecule has 2 N–H and O–H groups in total. The summed E-state index contributed by atoms with van der Waals surface area (Å²) in [5.41, 5.74) is 4.14. The highest BCUT2D eigenvalue weighted by Crippen LogP contribution is 2.45. The highest BCUT2D eigenvalue weighted by Gasteiger charge is 2.40. The predicted molar refractivity (Wildman–Crippen MR) is 86.1 cm³/mol. The normalized spacial score (nSPS) is 27.6. The highest BCUT2D eigenvalue weighted by atomic mass is 79.9. The third-order valence-corrected chi connectivity index (χ3v) is 5.00. The number of halogens is 1. The molecular formula is C17H17BrN2. The molecule has 2 heterocycles. The molecule has 2 aliphatic heterocycles. The van der Waals surface area contributed by atoms with E-state index in [1.165, 1.54) is 27.7 Å². The fraction of sp³-hybridized carbons (Fsp3) is 0.294. The van der Waals surface area contributed by atoms with E-state index in [0.29, 0.717) is 18.0 Å². The molecule has 1 fully saturated rings. The summed E-state index contributed by atoms with van der Waals surface area (Å²) in [6.07, 6.45) is 1.20. The van der Waals surface area contributed by atoms with Crippen LogP contribution in [-0.2, 0) is 0 Å². The monoisotopic (exact) mass is 328 g/mol. The van der Waals surface area contributed by atoms with Crippen molar-refractivity contribution in [2.45, 2.75) is 24.4 Å². The Morgan fingerprint density at radius 2 is 1.90 bits per heavy atom. The van der Waals surface area contributed by atoms with E-state index in [0.717, 1.165) is 6.54 Å². The fourth-order valence-electron chi connectivity index (χ4n) is 3.60. The number of hydrogen-bond acceptors (Lipinski definition) is 2. The van der Waals surface area contributed by atoms with Crippen molar-refractivity contribution in [2.75, 3.05) is 11.9 Å². The van der Waals surface area contributed by atoms with Gasteiger partial charge in [-0.2, -0.15) is 0 Å². The number of hydrogen-bond donors (Lipinski definition) is 2. The number of nitrogens with one attached hydrogen (secondary N) is 2. The second-order valence-electron chi connectivity index (χ2n) is 5.64. The van der Waals surface area contributed by atoms with E-state index in [2.05, 4.69) is 75.1 Å². The number of benzene rings is 2. The minimum atomic E-state index is 0.390. The molecule has 2 nitrogen and oxygen atoms in total. The van der Waals surface area contributed by atoms with Crippen LogP contribution in [0.15, 0.2) is 53.0 Å². The maximum Gasteiger partial charge on any atom is 0.0531 e. The molecule has 0 saturated carbocycles. The van der Waals surface area contributed by atoms with Crippen molar-refractivity contribution in [1.82, 2.24) is 5.32 Å². The Morgan fingerprint density at radius 1 is 1.05 bits per heavy atom. The van der Waals surface area contributed by atoms with Crippen LogP contribution in [-0.4, -0.2) is 12.6 Å². The lowest BCUT2D eigenvalue weighted by molar-refractivity contribution is 0.348. The van der Waals surface area contributed by atoms with Crippen LogP contribution in [0.4, 0.5) is 5.69 Å². The molecule has 2 aliphatic rings. The van der Waals surface area contributed by atoms with Crippen LogP contribution in [0.25, 0.3) is 0 Å². The summed E-state index contributed by atoms with van der Waals surface area (Å²) in [6, 6.07) is 18.2. The Bertz CT molecular complexity index is 626. The lowest BCUT2D eigenvalue weighted by Crippen LogP contribution is -2.43. The second kappa shape index (κ2) is 4.90. The lowest BCUT2D eigenvalue weighted by atomic mass is 9.82. The summed E-state index contributed by atoms with van der Waals surface area (Å²) in [4.78, 5) is 0. The Labute approximate surface area is 127 Å². The zero-order valence-corrected chi connectivity index (χ0v) is 12.7. The van der Waals surface area contributed by atoms with Crippen LogP contribution in [0.1, 0.15) is 29.5 Å². The maximum atomic E-state index is 3.73. The van der Waals surface area contributed by atoms with E-state index in [4.69, 9.17) is 0 Å². The van der Waals surface area contributed by atoms with Gasteiger partial charge in [0, 0.05) is 16.1 Å². The van der Waals surface area contributed by atoms with Crippen molar-refractivity contribution in [3.8, 4) is 0 Å². The molecule has 0 aromatic heterocycles. The van der Waals surface area contributed by atoms with Crippen LogP contribution in [0.2, 0.25) is 0 Å². The van der Waals surface area contributed by atoms with Crippen molar-refractivity contribution in [3.05, 3.63) is 64.1 Å². The summed E-state index contributed by atoms with van der Waals surface area (Å²) < 4.78 is 1.17. The largest absolute Gasteiger partial charge is 0.380 e. The van der Waals surface area contributed by atoms with Crippen molar-refractivity contribution >= 4 is 21.6 Å². The number of anilines is 1. The molecule has 0 spiro atoms. The van der Waals surface area contributed by atoms with Crippen molar-refractivity contribution in [2.24, 2.45) is 0 Å². The molecule has 0 amide bonds. The van der Waals surface area contributed by atoms with E-state index in [1.807, 2.05) is 0 Å². The molecule has 0 radical (unpaired) electrons. The first-order valence-corrected chi connectivity index (χ1v) is 7.96. The smallest absolute Gasteiger partial charge is 0.0531 e. The predicted octanol–water partition coefficient (Wildman–Crippen LogP) is 4.06. The molecule has 1 saturated heterocycles. The van der Waals surface area contributed by atoms with Crippen molar-refractivity contribution < 1.29 is 0 Å². The third-order valence-electron chi connectivity index (χ3n) is 4.51. The van der Waals surface area contributed by atoms with Crippen molar-refractivity contribution in [1.29, 1.82) is 0 Å². The maximum absolute atomic E-state index is 3.73. The summed E-state index contributed by atoms with van der Waals surface area (Å²) >= 11 is 3.60. The van der Waals surface area contributed by atoms with Crippen LogP contribution in [0.3, 0.4) is 0 Å². The first-order valence-electron chi connectivity index (χ1n) is 7.17. The summed E-state index contributed by atoms with van der Waals surface area (Å²) in [6.45, 7) is 1.08. The molecule has 4 rings (SSSR count). The second-order valence-corrected chi connectivity index (χ2v) is 6.56. The molecule has 0 bridgehead atoms. The molecule has 3 atom stereocenters. The Morgan fingerprint density at radius 3 is 2.75 bits per heavy atom. The first kappa shape index (κ1) is 12.4. The minimum absolute atomic E-state index is 0.390. The molecule has 3 heteroatoms. The molecule has 0 aliphatic carbocycles. The Kier molecular flexibility index (Phi) is 3.04. The first-order chi connectivity index (χ1) is 9.83. The molecule has 102 valence electrons. The topological polar surface area (TPSA) is 24.1 Å². The fourth-order valence-corrected chi connectivity index (χ4v) is 3.98. The van der Waals surface area contributed by atoms with Gasteiger partial charge in [-0.1, -0.05) is 46.3 Å². The lowest BCUT2D eigenvalue weighted by Gasteiger charge is -2.35. The van der Waals surface area contributed by atoms with E-state index >= 15 is 0 Å². The molecule has 2 aromatic carbocycles. The summed E-state index contributed by atoms with van der Waals surface area (Å²) in [5.74, 6) is 0.606. The van der Waals surface area contributed by atoms with Gasteiger partial charge in [0.05, 0.1) is 12.1 Å². The zero-order valence-electron chi connectivity index (χ0n) is 11.1. The number of rotatable bonds is 1. The highest BCUT2D eigenvalue weighted by molar-refractivity contribution is 9.10. The quantitative estimate of drug-likeness (QED) is 0.824. The van der Waals surface area contributed by atoms with Gasteiger partial charge < -0.3 is 10.6 Å². The SMILES string of the molecule is Brc1ccc2c(c1)C1CCNC(c3ccccc3)C1N2. The van der Waals surface area contributed by atoms with Gasteiger partial charge in [0.25, 0.3) is 0 Å². The van der Waals surface area contributed by atoms with Gasteiger partial charge in [-0.05, 0) is 42.3 Å². The van der Waals surface area contributed by atoms with Crippen LogP contribution in [0.5, 0.6) is 0 Å². The number of fused-ring (bicyclic) bond motifs is 3. The average Bonchev–Trinajstić information content (AvgIpc) is 2.86. The minimum Gasteiger partial charge on any atom is -0.380 e. The Balaban J connectivity index is 1.71. The van der Waals surface area contributed by atoms with Crippen LogP contribution in [0, 0.1) is 0 Å². The molecular weight excluding hydrogens is 312 g/mol. The van der Waals surface area contributed by atoms with E-state index < -0.39 is 0 Å². The van der Waals surface area contributed by atoms with E-state index in [-0.39, 0.29) is 0 Å². The molecule has 20 heavy (non-hydrogen) atoms. The van der Waals surface area contributed by atoms with E-state index in [1.54, 1.807) is 0 Å². The molecule has 3 unspecified atom stereocenters.